The fraction of sp³-hybridized carbons (Fsp3) is 0.429. The van der Waals surface area contributed by atoms with Gasteiger partial charge in [-0.3, -0.25) is 4.98 Å². The van der Waals surface area contributed by atoms with Crippen LogP contribution in [0.3, 0.4) is 0 Å². The fourth-order valence-electron chi connectivity index (χ4n) is 5.49. The lowest BCUT2D eigenvalue weighted by Gasteiger charge is -2.28. The minimum atomic E-state index is -0.0607. The van der Waals surface area contributed by atoms with E-state index >= 15 is 0 Å². The minimum Gasteiger partial charge on any atom is -0.490 e. The van der Waals surface area contributed by atoms with Crippen molar-refractivity contribution < 1.29 is 9.47 Å². The van der Waals surface area contributed by atoms with Gasteiger partial charge in [-0.15, -0.1) is 0 Å². The van der Waals surface area contributed by atoms with Gasteiger partial charge in [0, 0.05) is 36.9 Å². The van der Waals surface area contributed by atoms with Gasteiger partial charge >= 0.3 is 0 Å². The number of benzene rings is 1. The Morgan fingerprint density at radius 2 is 1.86 bits per heavy atom. The van der Waals surface area contributed by atoms with Gasteiger partial charge in [-0.05, 0) is 99.8 Å². The molecule has 1 aliphatic heterocycles. The second-order valence-electron chi connectivity index (χ2n) is 9.49. The van der Waals surface area contributed by atoms with E-state index in [0.717, 1.165) is 36.5 Å². The quantitative estimate of drug-likeness (QED) is 0.412. The van der Waals surface area contributed by atoms with Crippen molar-refractivity contribution in [3.63, 3.8) is 0 Å². The standard InChI is InChI=1S/C28H34N4O2S/c1-19-18-24(20(2)31(19)16-17-33-3)27-26(25-10-6-7-15-29-25)30-28(35)32(27)21-11-13-23(14-12-21)34-22-8-4-5-9-22/h6-7,10-15,18,22,26-27H,4-5,8-9,16-17H2,1-3H3,(H,30,35)/t26-,27-/m1/s1. The van der Waals surface area contributed by atoms with Crippen LogP contribution in [-0.4, -0.2) is 34.5 Å². The van der Waals surface area contributed by atoms with Crippen LogP contribution in [0.5, 0.6) is 5.75 Å². The zero-order valence-corrected chi connectivity index (χ0v) is 21.6. The highest BCUT2D eigenvalue weighted by molar-refractivity contribution is 7.80. The van der Waals surface area contributed by atoms with Gasteiger partial charge in [0.25, 0.3) is 0 Å². The molecule has 6 nitrogen and oxygen atoms in total. The summed E-state index contributed by atoms with van der Waals surface area (Å²) in [6, 6.07) is 16.6. The number of hydrogen-bond acceptors (Lipinski definition) is 4. The Morgan fingerprint density at radius 1 is 1.09 bits per heavy atom. The predicted molar refractivity (Wildman–Crippen MR) is 143 cm³/mol. The fourth-order valence-corrected chi connectivity index (χ4v) is 5.83. The van der Waals surface area contributed by atoms with Crippen LogP contribution in [0.25, 0.3) is 0 Å². The molecule has 2 aliphatic rings. The van der Waals surface area contributed by atoms with E-state index in [0.29, 0.717) is 17.8 Å². The lowest BCUT2D eigenvalue weighted by atomic mass is 9.96. The molecule has 0 unspecified atom stereocenters. The van der Waals surface area contributed by atoms with Gasteiger partial charge in [-0.1, -0.05) is 6.07 Å². The Hall–Kier alpha value is -2.90. The number of nitrogens with one attached hydrogen (secondary N) is 1. The first-order valence-electron chi connectivity index (χ1n) is 12.5. The summed E-state index contributed by atoms with van der Waals surface area (Å²) < 4.78 is 13.9. The summed E-state index contributed by atoms with van der Waals surface area (Å²) in [5.41, 5.74) is 5.71. The van der Waals surface area contributed by atoms with Crippen molar-refractivity contribution in [1.82, 2.24) is 14.9 Å². The first kappa shape index (κ1) is 23.8. The van der Waals surface area contributed by atoms with Crippen LogP contribution in [-0.2, 0) is 11.3 Å². The van der Waals surface area contributed by atoms with Crippen LogP contribution in [0.15, 0.2) is 54.7 Å². The lowest BCUT2D eigenvalue weighted by Crippen LogP contribution is -2.29. The monoisotopic (exact) mass is 490 g/mol. The Morgan fingerprint density at radius 3 is 2.54 bits per heavy atom. The van der Waals surface area contributed by atoms with Crippen LogP contribution in [0.1, 0.15) is 60.4 Å². The van der Waals surface area contributed by atoms with Crippen molar-refractivity contribution in [1.29, 1.82) is 0 Å². The van der Waals surface area contributed by atoms with Crippen LogP contribution in [0.2, 0.25) is 0 Å². The number of nitrogens with zero attached hydrogens (tertiary/aromatic N) is 3. The summed E-state index contributed by atoms with van der Waals surface area (Å²) in [4.78, 5) is 6.92. The van der Waals surface area contributed by atoms with Gasteiger partial charge in [0.2, 0.25) is 0 Å². The van der Waals surface area contributed by atoms with E-state index in [2.05, 4.69) is 70.0 Å². The molecule has 1 aromatic carbocycles. The van der Waals surface area contributed by atoms with E-state index in [1.54, 1.807) is 7.11 Å². The second-order valence-corrected chi connectivity index (χ2v) is 9.87. The summed E-state index contributed by atoms with van der Waals surface area (Å²) in [5, 5.41) is 4.27. The lowest BCUT2D eigenvalue weighted by molar-refractivity contribution is 0.186. The number of rotatable bonds is 8. The summed E-state index contributed by atoms with van der Waals surface area (Å²) in [5.74, 6) is 0.925. The number of ether oxygens (including phenoxy) is 2. The largest absolute Gasteiger partial charge is 0.490 e. The third kappa shape index (κ3) is 4.80. The Bertz CT molecular complexity index is 1160. The molecule has 0 bridgehead atoms. The number of methoxy groups -OCH3 is 1. The highest BCUT2D eigenvalue weighted by atomic mass is 32.1. The first-order chi connectivity index (χ1) is 17.1. The molecule has 1 saturated carbocycles. The van der Waals surface area contributed by atoms with Crippen LogP contribution >= 0.6 is 12.2 Å². The Kier molecular flexibility index (Phi) is 7.07. The maximum atomic E-state index is 6.21. The average Bonchev–Trinajstić information content (AvgIpc) is 3.57. The molecule has 2 aromatic heterocycles. The van der Waals surface area contributed by atoms with Gasteiger partial charge in [-0.25, -0.2) is 0 Å². The summed E-state index contributed by atoms with van der Waals surface area (Å²) >= 11 is 5.91. The summed E-state index contributed by atoms with van der Waals surface area (Å²) in [6.07, 6.45) is 7.00. The third-order valence-corrected chi connectivity index (χ3v) is 7.58. The van der Waals surface area contributed by atoms with Crippen molar-refractivity contribution in [2.75, 3.05) is 18.6 Å². The topological polar surface area (TPSA) is 51.5 Å². The molecule has 1 N–H and O–H groups in total. The molecule has 3 heterocycles. The number of thiocarbonyl (C=S) groups is 1. The highest BCUT2D eigenvalue weighted by Crippen LogP contribution is 2.43. The second kappa shape index (κ2) is 10.4. The molecule has 0 amide bonds. The third-order valence-electron chi connectivity index (χ3n) is 7.27. The van der Waals surface area contributed by atoms with Gasteiger partial charge in [-0.2, -0.15) is 0 Å². The normalized spacial score (nSPS) is 20.4. The van der Waals surface area contributed by atoms with Crippen LogP contribution < -0.4 is 15.0 Å². The Labute approximate surface area is 213 Å². The molecular weight excluding hydrogens is 456 g/mol. The van der Waals surface area contributed by atoms with Gasteiger partial charge in [0.1, 0.15) is 5.75 Å². The van der Waals surface area contributed by atoms with Gasteiger partial charge in [0.05, 0.1) is 30.5 Å². The van der Waals surface area contributed by atoms with Crippen LogP contribution in [0, 0.1) is 13.8 Å². The first-order valence-corrected chi connectivity index (χ1v) is 12.9. The number of aryl methyl sites for hydroxylation is 1. The molecule has 1 aliphatic carbocycles. The van der Waals surface area contributed by atoms with E-state index in [9.17, 15) is 0 Å². The number of pyridine rings is 1. The van der Waals surface area contributed by atoms with E-state index < -0.39 is 0 Å². The maximum absolute atomic E-state index is 6.21. The average molecular weight is 491 g/mol. The number of aromatic nitrogens is 2. The molecule has 5 rings (SSSR count). The van der Waals surface area contributed by atoms with Crippen molar-refractivity contribution in [2.45, 2.75) is 64.3 Å². The number of anilines is 1. The van der Waals surface area contributed by atoms with E-state index in [-0.39, 0.29) is 12.1 Å². The molecular formula is C28H34N4O2S. The summed E-state index contributed by atoms with van der Waals surface area (Å²) in [7, 11) is 1.74. The van der Waals surface area contributed by atoms with Crippen molar-refractivity contribution in [3.05, 3.63) is 77.4 Å². The van der Waals surface area contributed by atoms with E-state index in [1.807, 2.05) is 18.3 Å². The van der Waals surface area contributed by atoms with Crippen molar-refractivity contribution >= 4 is 23.0 Å². The van der Waals surface area contributed by atoms with Crippen molar-refractivity contribution in [3.8, 4) is 5.75 Å². The van der Waals surface area contributed by atoms with E-state index in [1.165, 1.54) is 29.8 Å². The molecule has 1 saturated heterocycles. The molecule has 0 spiro atoms. The molecule has 184 valence electrons. The van der Waals surface area contributed by atoms with Crippen molar-refractivity contribution in [2.24, 2.45) is 0 Å². The van der Waals surface area contributed by atoms with Gasteiger partial charge in [0.15, 0.2) is 5.11 Å². The molecule has 0 radical (unpaired) electrons. The zero-order chi connectivity index (χ0) is 24.4. The molecule has 2 fully saturated rings. The molecule has 2 atom stereocenters. The minimum absolute atomic E-state index is 0.0264. The molecule has 7 heteroatoms. The van der Waals surface area contributed by atoms with Gasteiger partial charge < -0.3 is 24.3 Å². The zero-order valence-electron chi connectivity index (χ0n) is 20.7. The highest BCUT2D eigenvalue weighted by Gasteiger charge is 2.42. The SMILES string of the molecule is COCCn1c(C)cc([C@@H]2[C@@H](c3ccccn3)NC(=S)N2c2ccc(OC3CCCC3)cc2)c1C. The van der Waals surface area contributed by atoms with E-state index in [4.69, 9.17) is 21.7 Å². The smallest absolute Gasteiger partial charge is 0.174 e. The Balaban J connectivity index is 1.51. The number of hydrogen-bond donors (Lipinski definition) is 1. The predicted octanol–water partition coefficient (Wildman–Crippen LogP) is 5.64. The maximum Gasteiger partial charge on any atom is 0.174 e. The van der Waals surface area contributed by atoms with Crippen LogP contribution in [0.4, 0.5) is 5.69 Å². The molecule has 35 heavy (non-hydrogen) atoms. The molecule has 3 aromatic rings. The summed E-state index contributed by atoms with van der Waals surface area (Å²) in [6.45, 7) is 5.83.